The third-order valence-corrected chi connectivity index (χ3v) is 3.68. The molecule has 2 aromatic rings. The van der Waals surface area contributed by atoms with Gasteiger partial charge in [-0.3, -0.25) is 0 Å². The quantitative estimate of drug-likeness (QED) is 0.657. The average molecular weight is 380 g/mol. The molecule has 10 heteroatoms. The number of hydrogen-bond donors (Lipinski definition) is 3. The molecule has 0 aliphatic heterocycles. The van der Waals surface area contributed by atoms with Crippen LogP contribution in [0.1, 0.15) is 5.56 Å². The Morgan fingerprint density at radius 2 is 1.88 bits per heavy atom. The molecule has 5 nitrogen and oxygen atoms in total. The average Bonchev–Trinajstić information content (AvgIpc) is 2.50. The van der Waals surface area contributed by atoms with Crippen molar-refractivity contribution in [2.45, 2.75) is 6.18 Å². The van der Waals surface area contributed by atoms with E-state index in [4.69, 9.17) is 23.2 Å². The van der Waals surface area contributed by atoms with E-state index in [1.807, 2.05) is 0 Å². The van der Waals surface area contributed by atoms with Crippen LogP contribution in [0.3, 0.4) is 0 Å². The van der Waals surface area contributed by atoms with Gasteiger partial charge in [0.05, 0.1) is 10.0 Å². The maximum atomic E-state index is 13.0. The summed E-state index contributed by atoms with van der Waals surface area (Å²) in [7, 11) is 1.70. The molecule has 1 heterocycles. The Balaban J connectivity index is 2.27. The van der Waals surface area contributed by atoms with Crippen molar-refractivity contribution < 1.29 is 13.2 Å². The highest BCUT2D eigenvalue weighted by Gasteiger charge is 2.35. The van der Waals surface area contributed by atoms with Gasteiger partial charge in [-0.15, -0.1) is 0 Å². The highest BCUT2D eigenvalue weighted by molar-refractivity contribution is 6.42. The van der Waals surface area contributed by atoms with Crippen molar-refractivity contribution >= 4 is 40.7 Å². The van der Waals surface area contributed by atoms with Gasteiger partial charge in [0.2, 0.25) is 5.95 Å². The highest BCUT2D eigenvalue weighted by Crippen LogP contribution is 2.34. The zero-order chi connectivity index (χ0) is 17.7. The third kappa shape index (κ3) is 4.86. The summed E-state index contributed by atoms with van der Waals surface area (Å²) in [6.07, 6.45) is -3.82. The molecule has 0 saturated carbocycles. The monoisotopic (exact) mass is 379 g/mol. The molecule has 0 radical (unpaired) electrons. The first-order valence-corrected chi connectivity index (χ1v) is 7.61. The van der Waals surface area contributed by atoms with Crippen LogP contribution >= 0.6 is 23.2 Å². The van der Waals surface area contributed by atoms with Gasteiger partial charge in [0, 0.05) is 25.0 Å². The van der Waals surface area contributed by atoms with Crippen molar-refractivity contribution in [2.24, 2.45) is 0 Å². The van der Waals surface area contributed by atoms with E-state index in [2.05, 4.69) is 25.9 Å². The molecule has 1 aromatic heterocycles. The molecule has 1 aromatic carbocycles. The Bertz CT molecular complexity index is 709. The second-order valence-electron chi connectivity index (χ2n) is 4.74. The number of aromatic nitrogens is 2. The summed E-state index contributed by atoms with van der Waals surface area (Å²) in [6.45, 7) is 0.764. The first-order chi connectivity index (χ1) is 11.3. The molecule has 0 bridgehead atoms. The third-order valence-electron chi connectivity index (χ3n) is 2.94. The molecule has 0 amide bonds. The predicted octanol–water partition coefficient (Wildman–Crippen LogP) is 4.18. The summed E-state index contributed by atoms with van der Waals surface area (Å²) >= 11 is 11.7. The number of halogens is 5. The van der Waals surface area contributed by atoms with Gasteiger partial charge >= 0.3 is 6.18 Å². The summed E-state index contributed by atoms with van der Waals surface area (Å²) in [5.41, 5.74) is -0.427. The standard InChI is InChI=1S/C14H14Cl2F3N5/c1-20-4-5-21-12-9(14(17,18)19)7-22-13(24-12)23-8-2-3-10(15)11(16)6-8/h2-3,6-7,20H,4-5H2,1H3,(H2,21,22,23,24). The van der Waals surface area contributed by atoms with E-state index in [-0.39, 0.29) is 18.3 Å². The summed E-state index contributed by atoms with van der Waals surface area (Å²) in [5, 5.41) is 8.94. The van der Waals surface area contributed by atoms with Gasteiger partial charge in [0.1, 0.15) is 11.4 Å². The molecule has 0 unspecified atom stereocenters. The van der Waals surface area contributed by atoms with Crippen molar-refractivity contribution in [1.29, 1.82) is 0 Å². The maximum Gasteiger partial charge on any atom is 0.421 e. The summed E-state index contributed by atoms with van der Waals surface area (Å²) in [4.78, 5) is 7.61. The first-order valence-electron chi connectivity index (χ1n) is 6.86. The lowest BCUT2D eigenvalue weighted by Gasteiger charge is -2.15. The topological polar surface area (TPSA) is 61.9 Å². The van der Waals surface area contributed by atoms with Crippen LogP contribution in [0.4, 0.5) is 30.6 Å². The highest BCUT2D eigenvalue weighted by atomic mass is 35.5. The number of rotatable bonds is 6. The molecule has 0 atom stereocenters. The minimum Gasteiger partial charge on any atom is -0.368 e. The lowest BCUT2D eigenvalue weighted by molar-refractivity contribution is -0.137. The summed E-state index contributed by atoms with van der Waals surface area (Å²) in [5.74, 6) is -0.288. The molecule has 0 saturated heterocycles. The summed E-state index contributed by atoms with van der Waals surface area (Å²) in [6, 6.07) is 4.70. The zero-order valence-electron chi connectivity index (χ0n) is 12.5. The van der Waals surface area contributed by atoms with Crippen LogP contribution in [0.15, 0.2) is 24.4 Å². The number of alkyl halides is 3. The van der Waals surface area contributed by atoms with E-state index in [9.17, 15) is 13.2 Å². The molecule has 3 N–H and O–H groups in total. The number of nitrogens with one attached hydrogen (secondary N) is 3. The number of hydrogen-bond acceptors (Lipinski definition) is 5. The predicted molar refractivity (Wildman–Crippen MR) is 89.2 cm³/mol. The SMILES string of the molecule is CNCCNc1nc(Nc2ccc(Cl)c(Cl)c2)ncc1C(F)(F)F. The van der Waals surface area contributed by atoms with Crippen LogP contribution in [0.5, 0.6) is 0 Å². The normalized spacial score (nSPS) is 11.4. The van der Waals surface area contributed by atoms with Crippen molar-refractivity contribution in [3.05, 3.63) is 40.0 Å². The molecule has 2 rings (SSSR count). The molecule has 130 valence electrons. The minimum absolute atomic E-state index is 0.00773. The van der Waals surface area contributed by atoms with E-state index in [0.717, 1.165) is 6.20 Å². The Morgan fingerprint density at radius 3 is 2.50 bits per heavy atom. The van der Waals surface area contributed by atoms with Gasteiger partial charge in [-0.05, 0) is 25.2 Å². The zero-order valence-corrected chi connectivity index (χ0v) is 14.0. The minimum atomic E-state index is -4.55. The lowest BCUT2D eigenvalue weighted by Crippen LogP contribution is -2.21. The van der Waals surface area contributed by atoms with Crippen LogP contribution in [0.2, 0.25) is 10.0 Å². The second-order valence-corrected chi connectivity index (χ2v) is 5.55. The van der Waals surface area contributed by atoms with Gasteiger partial charge in [0.25, 0.3) is 0 Å². The molecule has 24 heavy (non-hydrogen) atoms. The largest absolute Gasteiger partial charge is 0.421 e. The number of likely N-dealkylation sites (N-methyl/N-ethyl adjacent to an activating group) is 1. The molecule has 0 aliphatic rings. The van der Waals surface area contributed by atoms with E-state index < -0.39 is 11.7 Å². The Morgan fingerprint density at radius 1 is 1.12 bits per heavy atom. The van der Waals surface area contributed by atoms with Crippen LogP contribution in [-0.4, -0.2) is 30.1 Å². The van der Waals surface area contributed by atoms with Gasteiger partial charge in [-0.25, -0.2) is 4.98 Å². The van der Waals surface area contributed by atoms with Crippen molar-refractivity contribution in [2.75, 3.05) is 30.8 Å². The van der Waals surface area contributed by atoms with Crippen LogP contribution in [0.25, 0.3) is 0 Å². The fourth-order valence-corrected chi connectivity index (χ4v) is 2.09. The Kier molecular flexibility index (Phi) is 6.09. The Labute approximate surface area is 146 Å². The molecule has 0 spiro atoms. The maximum absolute atomic E-state index is 13.0. The van der Waals surface area contributed by atoms with Crippen LogP contribution in [-0.2, 0) is 6.18 Å². The fraction of sp³-hybridized carbons (Fsp3) is 0.286. The molecule has 0 aliphatic carbocycles. The first kappa shape index (κ1) is 18.6. The van der Waals surface area contributed by atoms with E-state index >= 15 is 0 Å². The number of benzene rings is 1. The number of anilines is 3. The number of nitrogens with zero attached hydrogens (tertiary/aromatic N) is 2. The van der Waals surface area contributed by atoms with E-state index in [1.54, 1.807) is 19.2 Å². The van der Waals surface area contributed by atoms with Crippen molar-refractivity contribution in [3.8, 4) is 0 Å². The van der Waals surface area contributed by atoms with Crippen LogP contribution in [0, 0.1) is 0 Å². The van der Waals surface area contributed by atoms with E-state index in [1.165, 1.54) is 6.07 Å². The van der Waals surface area contributed by atoms with E-state index in [0.29, 0.717) is 22.3 Å². The van der Waals surface area contributed by atoms with Gasteiger partial charge in [0.15, 0.2) is 0 Å². The Hall–Kier alpha value is -1.77. The second kappa shape index (κ2) is 7.87. The van der Waals surface area contributed by atoms with Crippen molar-refractivity contribution in [1.82, 2.24) is 15.3 Å². The van der Waals surface area contributed by atoms with Gasteiger partial charge in [-0.1, -0.05) is 23.2 Å². The molecular weight excluding hydrogens is 366 g/mol. The van der Waals surface area contributed by atoms with Gasteiger partial charge < -0.3 is 16.0 Å². The molecule has 0 fully saturated rings. The fourth-order valence-electron chi connectivity index (χ4n) is 1.79. The summed E-state index contributed by atoms with van der Waals surface area (Å²) < 4.78 is 39.1. The molecular formula is C14H14Cl2F3N5. The van der Waals surface area contributed by atoms with Crippen LogP contribution < -0.4 is 16.0 Å². The smallest absolute Gasteiger partial charge is 0.368 e. The van der Waals surface area contributed by atoms with Crippen molar-refractivity contribution in [3.63, 3.8) is 0 Å². The van der Waals surface area contributed by atoms with Gasteiger partial charge in [-0.2, -0.15) is 18.2 Å². The lowest BCUT2D eigenvalue weighted by atomic mass is 10.3.